The van der Waals surface area contributed by atoms with Crippen LogP contribution in [0.3, 0.4) is 0 Å². The second-order valence-electron chi connectivity index (χ2n) is 6.90. The molecule has 0 amide bonds. The summed E-state index contributed by atoms with van der Waals surface area (Å²) in [4.78, 5) is 0. The van der Waals surface area contributed by atoms with Crippen LogP contribution in [0.1, 0.15) is 0 Å². The van der Waals surface area contributed by atoms with Gasteiger partial charge < -0.3 is 18.3 Å². The summed E-state index contributed by atoms with van der Waals surface area (Å²) in [6, 6.07) is 21.9. The Morgan fingerprint density at radius 1 is 0.519 bits per heavy atom. The molecule has 0 saturated heterocycles. The molecule has 0 N–H and O–H groups in total. The predicted molar refractivity (Wildman–Crippen MR) is 104 cm³/mol. The van der Waals surface area contributed by atoms with Crippen molar-refractivity contribution >= 4 is 45.0 Å². The van der Waals surface area contributed by atoms with Crippen molar-refractivity contribution in [3.63, 3.8) is 0 Å². The highest BCUT2D eigenvalue weighted by atomic mass is 16.6. The number of hydrogen-bond donors (Lipinski definition) is 0. The van der Waals surface area contributed by atoms with E-state index < -0.39 is 0 Å². The van der Waals surface area contributed by atoms with Crippen molar-refractivity contribution < 1.29 is 18.3 Å². The first kappa shape index (κ1) is 13.6. The minimum atomic E-state index is -0.0593. The third kappa shape index (κ3) is 1.60. The maximum atomic E-state index is 6.14. The quantitative estimate of drug-likeness (QED) is 0.389. The topological polar surface area (TPSA) is 44.7 Å². The molecule has 2 aromatic heterocycles. The number of fused-ring (bicyclic) bond motifs is 8. The molecule has 3 aromatic carbocycles. The van der Waals surface area contributed by atoms with Gasteiger partial charge in [-0.3, -0.25) is 0 Å². The fourth-order valence-electron chi connectivity index (χ4n) is 4.40. The normalized spacial score (nSPS) is 13.7. The first-order valence-electron chi connectivity index (χ1n) is 8.90. The van der Waals surface area contributed by atoms with Gasteiger partial charge in [0.1, 0.15) is 22.7 Å². The summed E-state index contributed by atoms with van der Waals surface area (Å²) in [6.45, 7) is -0.0593. The summed E-state index contributed by atoms with van der Waals surface area (Å²) in [7, 11) is 0. The lowest BCUT2D eigenvalue weighted by molar-refractivity contribution is 0.350. The van der Waals surface area contributed by atoms with Crippen LogP contribution in [0.15, 0.2) is 75.6 Å². The van der Waals surface area contributed by atoms with E-state index in [1.54, 1.807) is 0 Å². The standard InChI is InChI=1S/C22H11BO4/c1-3-8-14-12(6-1)18-21(24-14)26-16-10-5-11-17-20(16)23(18)19-13-7-2-4-9-15(13)25-22(19)27-17/h1-11H. The zero-order valence-corrected chi connectivity index (χ0v) is 14.1. The monoisotopic (exact) mass is 350 g/mol. The first-order valence-corrected chi connectivity index (χ1v) is 8.90. The van der Waals surface area contributed by atoms with Gasteiger partial charge in [-0.2, -0.15) is 0 Å². The molecule has 0 radical (unpaired) electrons. The van der Waals surface area contributed by atoms with E-state index in [1.807, 2.05) is 54.6 Å². The minimum absolute atomic E-state index is 0.0593. The van der Waals surface area contributed by atoms with Gasteiger partial charge >= 0.3 is 0 Å². The number of para-hydroxylation sites is 2. The van der Waals surface area contributed by atoms with Gasteiger partial charge in [-0.1, -0.05) is 42.5 Å². The molecule has 0 aliphatic carbocycles. The molecule has 4 heterocycles. The second-order valence-corrected chi connectivity index (χ2v) is 6.90. The molecule has 0 bridgehead atoms. The summed E-state index contributed by atoms with van der Waals surface area (Å²) in [5, 5.41) is 2.10. The van der Waals surface area contributed by atoms with Crippen molar-refractivity contribution in [3.8, 4) is 23.4 Å². The Hall–Kier alpha value is -3.60. The van der Waals surface area contributed by atoms with Gasteiger partial charge in [0.25, 0.3) is 18.6 Å². The van der Waals surface area contributed by atoms with Gasteiger partial charge in [-0.05, 0) is 24.3 Å². The zero-order valence-electron chi connectivity index (χ0n) is 14.1. The van der Waals surface area contributed by atoms with Crippen molar-refractivity contribution in [1.29, 1.82) is 0 Å². The summed E-state index contributed by atoms with van der Waals surface area (Å²) in [6.07, 6.45) is 0. The first-order chi connectivity index (χ1) is 13.4. The van der Waals surface area contributed by atoms with Crippen LogP contribution in [0.5, 0.6) is 23.4 Å². The lowest BCUT2D eigenvalue weighted by Gasteiger charge is -2.28. The van der Waals surface area contributed by atoms with Crippen LogP contribution in [-0.2, 0) is 0 Å². The van der Waals surface area contributed by atoms with Gasteiger partial charge in [0.05, 0.1) is 0 Å². The van der Waals surface area contributed by atoms with Crippen LogP contribution < -0.4 is 25.9 Å². The Kier molecular flexibility index (Phi) is 2.30. The molecule has 4 nitrogen and oxygen atoms in total. The lowest BCUT2D eigenvalue weighted by Crippen LogP contribution is -2.56. The Morgan fingerprint density at radius 2 is 1.04 bits per heavy atom. The number of furan rings is 2. The molecule has 27 heavy (non-hydrogen) atoms. The molecule has 2 aliphatic rings. The highest BCUT2D eigenvalue weighted by Crippen LogP contribution is 2.39. The third-order valence-electron chi connectivity index (χ3n) is 5.50. The second kappa shape index (κ2) is 4.57. The van der Waals surface area contributed by atoms with Crippen LogP contribution in [0, 0.1) is 0 Å². The average Bonchev–Trinajstić information content (AvgIpc) is 3.25. The van der Waals surface area contributed by atoms with Crippen LogP contribution in [0.2, 0.25) is 0 Å². The molecule has 0 fully saturated rings. The molecule has 0 atom stereocenters. The summed E-state index contributed by atoms with van der Waals surface area (Å²) in [5.74, 6) is 2.62. The fraction of sp³-hybridized carbons (Fsp3) is 0. The Balaban J connectivity index is 1.66. The maximum Gasteiger partial charge on any atom is 0.285 e. The zero-order chi connectivity index (χ0) is 17.5. The lowest BCUT2D eigenvalue weighted by atomic mass is 9.35. The van der Waals surface area contributed by atoms with E-state index in [2.05, 4.69) is 12.1 Å². The van der Waals surface area contributed by atoms with Crippen LogP contribution in [0.4, 0.5) is 0 Å². The SMILES string of the molecule is c1cc2c3c(c1)Oc1oc4ccccc4c1B3c1c(oc3ccccc13)O2. The van der Waals surface area contributed by atoms with Crippen molar-refractivity contribution in [2.24, 2.45) is 0 Å². The number of ether oxygens (including phenoxy) is 2. The van der Waals surface area contributed by atoms with Gasteiger partial charge in [0.15, 0.2) is 0 Å². The highest BCUT2D eigenvalue weighted by molar-refractivity contribution is 7.00. The van der Waals surface area contributed by atoms with Crippen LogP contribution >= 0.6 is 0 Å². The van der Waals surface area contributed by atoms with Crippen LogP contribution in [-0.4, -0.2) is 6.71 Å². The summed E-state index contributed by atoms with van der Waals surface area (Å²) >= 11 is 0. The molecular weight excluding hydrogens is 339 g/mol. The van der Waals surface area contributed by atoms with Crippen molar-refractivity contribution in [1.82, 2.24) is 0 Å². The molecule has 126 valence electrons. The van der Waals surface area contributed by atoms with Crippen molar-refractivity contribution in [3.05, 3.63) is 66.7 Å². The smallest absolute Gasteiger partial charge is 0.285 e. The van der Waals surface area contributed by atoms with E-state index in [0.717, 1.165) is 49.8 Å². The number of benzene rings is 3. The molecule has 0 saturated carbocycles. The summed E-state index contributed by atoms with van der Waals surface area (Å²) in [5.41, 5.74) is 4.72. The van der Waals surface area contributed by atoms with Crippen molar-refractivity contribution in [2.45, 2.75) is 0 Å². The molecule has 7 rings (SSSR count). The predicted octanol–water partition coefficient (Wildman–Crippen LogP) is 3.91. The summed E-state index contributed by atoms with van der Waals surface area (Å²) < 4.78 is 24.4. The third-order valence-corrected chi connectivity index (χ3v) is 5.50. The van der Waals surface area contributed by atoms with Gasteiger partial charge in [-0.15, -0.1) is 0 Å². The molecule has 5 heteroatoms. The van der Waals surface area contributed by atoms with E-state index in [1.165, 1.54) is 0 Å². The molecule has 5 aromatic rings. The van der Waals surface area contributed by atoms with E-state index in [-0.39, 0.29) is 6.71 Å². The van der Waals surface area contributed by atoms with E-state index in [0.29, 0.717) is 11.9 Å². The number of rotatable bonds is 0. The van der Waals surface area contributed by atoms with Gasteiger partial charge in [0, 0.05) is 27.2 Å². The number of hydrogen-bond acceptors (Lipinski definition) is 4. The molecule has 0 spiro atoms. The van der Waals surface area contributed by atoms with Crippen LogP contribution in [0.25, 0.3) is 21.9 Å². The van der Waals surface area contributed by atoms with E-state index >= 15 is 0 Å². The maximum absolute atomic E-state index is 6.14. The molecule has 0 unspecified atom stereocenters. The largest absolute Gasteiger partial charge is 0.427 e. The van der Waals surface area contributed by atoms with Crippen molar-refractivity contribution in [2.75, 3.05) is 0 Å². The van der Waals surface area contributed by atoms with Gasteiger partial charge in [-0.25, -0.2) is 0 Å². The van der Waals surface area contributed by atoms with Gasteiger partial charge in [0.2, 0.25) is 0 Å². The van der Waals surface area contributed by atoms with E-state index in [9.17, 15) is 0 Å². The molecular formula is C22H11BO4. The average molecular weight is 350 g/mol. The molecule has 2 aliphatic heterocycles. The minimum Gasteiger partial charge on any atom is -0.427 e. The Morgan fingerprint density at radius 3 is 1.59 bits per heavy atom. The highest BCUT2D eigenvalue weighted by Gasteiger charge is 2.45. The fourth-order valence-corrected chi connectivity index (χ4v) is 4.40. The Bertz CT molecular complexity index is 1290. The van der Waals surface area contributed by atoms with E-state index in [4.69, 9.17) is 18.3 Å². The Labute approximate surface area is 154 Å².